The minimum atomic E-state index is -0.361. The summed E-state index contributed by atoms with van der Waals surface area (Å²) in [5.41, 5.74) is 1.97. The molecule has 0 saturated carbocycles. The van der Waals surface area contributed by atoms with Crippen LogP contribution in [0.1, 0.15) is 6.42 Å². The third kappa shape index (κ3) is 5.38. The molecule has 3 aromatic rings. The highest BCUT2D eigenvalue weighted by atomic mass is 79.9. The second-order valence-corrected chi connectivity index (χ2v) is 6.46. The highest BCUT2D eigenvalue weighted by Crippen LogP contribution is 2.24. The Hall–Kier alpha value is -3.20. The SMILES string of the molecule is O=C(CCNC(=O)Nc1ccccc1)Nc1cc(Br)ccc1-n1cncn1. The monoisotopic (exact) mass is 428 g/mol. The van der Waals surface area contributed by atoms with Crippen molar-refractivity contribution in [1.82, 2.24) is 20.1 Å². The first-order chi connectivity index (χ1) is 13.1. The summed E-state index contributed by atoms with van der Waals surface area (Å²) in [5, 5.41) is 12.3. The number of nitrogens with zero attached hydrogens (tertiary/aromatic N) is 3. The summed E-state index contributed by atoms with van der Waals surface area (Å²) >= 11 is 3.39. The van der Waals surface area contributed by atoms with E-state index in [-0.39, 0.29) is 24.9 Å². The Morgan fingerprint density at radius 2 is 1.89 bits per heavy atom. The van der Waals surface area contributed by atoms with E-state index in [2.05, 4.69) is 42.0 Å². The summed E-state index contributed by atoms with van der Waals surface area (Å²) in [6.45, 7) is 0.206. The summed E-state index contributed by atoms with van der Waals surface area (Å²) < 4.78 is 2.38. The summed E-state index contributed by atoms with van der Waals surface area (Å²) in [5.74, 6) is -0.227. The van der Waals surface area contributed by atoms with Crippen LogP contribution < -0.4 is 16.0 Å². The number of amides is 3. The van der Waals surface area contributed by atoms with Crippen molar-refractivity contribution in [1.29, 1.82) is 0 Å². The van der Waals surface area contributed by atoms with Gasteiger partial charge in [-0.3, -0.25) is 4.79 Å². The number of hydrogen-bond acceptors (Lipinski definition) is 4. The molecule has 3 amide bonds. The first-order valence-corrected chi connectivity index (χ1v) is 8.95. The highest BCUT2D eigenvalue weighted by molar-refractivity contribution is 9.10. The average molecular weight is 429 g/mol. The summed E-state index contributed by atoms with van der Waals surface area (Å²) in [4.78, 5) is 28.0. The molecular weight excluding hydrogens is 412 g/mol. The number of para-hydroxylation sites is 1. The molecular formula is C18H17BrN6O2. The first kappa shape index (κ1) is 18.6. The van der Waals surface area contributed by atoms with Gasteiger partial charge in [0.1, 0.15) is 12.7 Å². The Morgan fingerprint density at radius 1 is 1.07 bits per heavy atom. The number of aromatic nitrogens is 3. The van der Waals surface area contributed by atoms with Crippen molar-refractivity contribution in [2.75, 3.05) is 17.2 Å². The van der Waals surface area contributed by atoms with Crippen LogP contribution in [0.15, 0.2) is 65.7 Å². The maximum Gasteiger partial charge on any atom is 0.319 e. The fourth-order valence-corrected chi connectivity index (χ4v) is 2.70. The van der Waals surface area contributed by atoms with Gasteiger partial charge < -0.3 is 16.0 Å². The van der Waals surface area contributed by atoms with E-state index in [0.29, 0.717) is 17.1 Å². The fourth-order valence-electron chi connectivity index (χ4n) is 2.34. The van der Waals surface area contributed by atoms with E-state index in [0.717, 1.165) is 4.47 Å². The molecule has 9 heteroatoms. The molecule has 3 rings (SSSR count). The summed E-state index contributed by atoms with van der Waals surface area (Å²) in [6.07, 6.45) is 3.10. The molecule has 0 aliphatic heterocycles. The molecule has 8 nitrogen and oxygen atoms in total. The van der Waals surface area contributed by atoms with Gasteiger partial charge in [-0.25, -0.2) is 14.5 Å². The zero-order valence-electron chi connectivity index (χ0n) is 14.2. The van der Waals surface area contributed by atoms with Crippen molar-refractivity contribution in [2.24, 2.45) is 0 Å². The van der Waals surface area contributed by atoms with Gasteiger partial charge in [0.2, 0.25) is 5.91 Å². The van der Waals surface area contributed by atoms with Crippen LogP contribution in [0, 0.1) is 0 Å². The van der Waals surface area contributed by atoms with Crippen LogP contribution in [0.5, 0.6) is 0 Å². The minimum absolute atomic E-state index is 0.130. The van der Waals surface area contributed by atoms with Crippen molar-refractivity contribution in [2.45, 2.75) is 6.42 Å². The van der Waals surface area contributed by atoms with Gasteiger partial charge in [0.25, 0.3) is 0 Å². The molecule has 2 aromatic carbocycles. The van der Waals surface area contributed by atoms with E-state index in [4.69, 9.17) is 0 Å². The largest absolute Gasteiger partial charge is 0.337 e. The van der Waals surface area contributed by atoms with Gasteiger partial charge in [-0.2, -0.15) is 5.10 Å². The predicted molar refractivity (Wildman–Crippen MR) is 106 cm³/mol. The van der Waals surface area contributed by atoms with E-state index in [9.17, 15) is 9.59 Å². The van der Waals surface area contributed by atoms with Crippen LogP contribution in [0.2, 0.25) is 0 Å². The number of benzene rings is 2. The Morgan fingerprint density at radius 3 is 2.63 bits per heavy atom. The molecule has 1 aromatic heterocycles. The molecule has 3 N–H and O–H groups in total. The maximum atomic E-state index is 12.2. The lowest BCUT2D eigenvalue weighted by Gasteiger charge is -2.12. The number of nitrogens with one attached hydrogen (secondary N) is 3. The number of urea groups is 1. The average Bonchev–Trinajstić information content (AvgIpc) is 3.17. The number of hydrogen-bond donors (Lipinski definition) is 3. The zero-order valence-corrected chi connectivity index (χ0v) is 15.8. The molecule has 0 atom stereocenters. The topological polar surface area (TPSA) is 101 Å². The van der Waals surface area contributed by atoms with Gasteiger partial charge in [0.15, 0.2) is 0 Å². The van der Waals surface area contributed by atoms with Crippen LogP contribution in [0.4, 0.5) is 16.2 Å². The van der Waals surface area contributed by atoms with Crippen molar-refractivity contribution < 1.29 is 9.59 Å². The first-order valence-electron chi connectivity index (χ1n) is 8.16. The van der Waals surface area contributed by atoms with E-state index in [1.54, 1.807) is 29.2 Å². The highest BCUT2D eigenvalue weighted by Gasteiger charge is 2.10. The Bertz CT molecular complexity index is 915. The van der Waals surface area contributed by atoms with Gasteiger partial charge in [-0.1, -0.05) is 34.1 Å². The molecule has 0 aliphatic carbocycles. The Balaban J connectivity index is 1.52. The smallest absolute Gasteiger partial charge is 0.319 e. The van der Waals surface area contributed by atoms with Crippen molar-refractivity contribution in [3.63, 3.8) is 0 Å². The van der Waals surface area contributed by atoms with E-state index in [1.807, 2.05) is 30.3 Å². The third-order valence-corrected chi connectivity index (χ3v) is 4.06. The molecule has 0 radical (unpaired) electrons. The molecule has 0 fully saturated rings. The predicted octanol–water partition coefficient (Wildman–Crippen LogP) is 3.18. The molecule has 0 unspecified atom stereocenters. The number of rotatable bonds is 6. The van der Waals surface area contributed by atoms with Crippen LogP contribution in [-0.2, 0) is 4.79 Å². The van der Waals surface area contributed by atoms with Crippen LogP contribution >= 0.6 is 15.9 Å². The summed E-state index contributed by atoms with van der Waals surface area (Å²) in [7, 11) is 0. The van der Waals surface area contributed by atoms with Crippen LogP contribution in [0.3, 0.4) is 0 Å². The van der Waals surface area contributed by atoms with Gasteiger partial charge in [-0.15, -0.1) is 0 Å². The van der Waals surface area contributed by atoms with Gasteiger partial charge in [-0.05, 0) is 30.3 Å². The lowest BCUT2D eigenvalue weighted by molar-refractivity contribution is -0.116. The normalized spacial score (nSPS) is 10.3. The molecule has 0 bridgehead atoms. The Labute approximate surface area is 164 Å². The van der Waals surface area contributed by atoms with E-state index in [1.165, 1.54) is 6.33 Å². The third-order valence-electron chi connectivity index (χ3n) is 3.57. The summed E-state index contributed by atoms with van der Waals surface area (Å²) in [6, 6.07) is 14.2. The van der Waals surface area contributed by atoms with Crippen molar-refractivity contribution in [3.05, 3.63) is 65.7 Å². The van der Waals surface area contributed by atoms with Gasteiger partial charge in [0.05, 0.1) is 11.4 Å². The lowest BCUT2D eigenvalue weighted by Crippen LogP contribution is -2.31. The van der Waals surface area contributed by atoms with Gasteiger partial charge in [0, 0.05) is 23.1 Å². The molecule has 138 valence electrons. The second-order valence-electron chi connectivity index (χ2n) is 5.55. The number of halogens is 1. The number of carbonyl (C=O) groups excluding carboxylic acids is 2. The van der Waals surface area contributed by atoms with E-state index >= 15 is 0 Å². The van der Waals surface area contributed by atoms with Gasteiger partial charge >= 0.3 is 6.03 Å². The quantitative estimate of drug-likeness (QED) is 0.560. The second kappa shape index (κ2) is 8.95. The fraction of sp³-hybridized carbons (Fsp3) is 0.111. The van der Waals surface area contributed by atoms with E-state index < -0.39 is 0 Å². The number of carbonyl (C=O) groups is 2. The van der Waals surface area contributed by atoms with Crippen molar-refractivity contribution >= 4 is 39.2 Å². The van der Waals surface area contributed by atoms with Crippen LogP contribution in [-0.4, -0.2) is 33.2 Å². The zero-order chi connectivity index (χ0) is 19.1. The minimum Gasteiger partial charge on any atom is -0.337 e. The Kier molecular flexibility index (Phi) is 6.16. The van der Waals surface area contributed by atoms with Crippen LogP contribution in [0.25, 0.3) is 5.69 Å². The lowest BCUT2D eigenvalue weighted by atomic mass is 10.2. The number of anilines is 2. The molecule has 1 heterocycles. The molecule has 0 aliphatic rings. The standard InChI is InChI=1S/C18H17BrN6O2/c19-13-6-7-16(25-12-20-11-22-25)15(10-13)24-17(26)8-9-21-18(27)23-14-4-2-1-3-5-14/h1-7,10-12H,8-9H2,(H,24,26)(H2,21,23,27). The van der Waals surface area contributed by atoms with Crippen molar-refractivity contribution in [3.8, 4) is 5.69 Å². The molecule has 0 saturated heterocycles. The maximum absolute atomic E-state index is 12.2. The molecule has 27 heavy (non-hydrogen) atoms. The molecule has 0 spiro atoms.